The lowest BCUT2D eigenvalue weighted by Gasteiger charge is -2.19. The minimum atomic E-state index is -0.314. The standard InChI is InChI=1S/C19H21ClN2O2S/c1-12-7-17-14(9-15(12)20)13(8-19(23)24-17)10-21-11-16(22(2)3)18-5-4-6-25-18/h4-9,16,21H,10-11H2,1-3H3/p+2/t16-/m0/s1. The number of thiophene rings is 1. The fourth-order valence-electron chi connectivity index (χ4n) is 3.05. The fraction of sp³-hybridized carbons (Fsp3) is 0.316. The van der Waals surface area contributed by atoms with Gasteiger partial charge < -0.3 is 14.6 Å². The van der Waals surface area contributed by atoms with E-state index in [-0.39, 0.29) is 5.63 Å². The summed E-state index contributed by atoms with van der Waals surface area (Å²) >= 11 is 8.05. The quantitative estimate of drug-likeness (QED) is 0.642. The molecule has 0 bridgehead atoms. The second-order valence-corrected chi connectivity index (χ2v) is 7.95. The summed E-state index contributed by atoms with van der Waals surface area (Å²) in [6.45, 7) is 3.58. The van der Waals surface area contributed by atoms with Crippen molar-refractivity contribution in [3.8, 4) is 0 Å². The van der Waals surface area contributed by atoms with Gasteiger partial charge in [-0.2, -0.15) is 0 Å². The Bertz CT molecular complexity index is 919. The van der Waals surface area contributed by atoms with Crippen LogP contribution < -0.4 is 15.8 Å². The van der Waals surface area contributed by atoms with Crippen LogP contribution in [0, 0.1) is 6.92 Å². The number of aryl methyl sites for hydroxylation is 1. The van der Waals surface area contributed by atoms with Gasteiger partial charge in [-0.25, -0.2) is 4.79 Å². The van der Waals surface area contributed by atoms with E-state index in [9.17, 15) is 4.79 Å². The first-order valence-corrected chi connectivity index (χ1v) is 9.59. The second-order valence-electron chi connectivity index (χ2n) is 6.56. The molecule has 4 nitrogen and oxygen atoms in total. The van der Waals surface area contributed by atoms with Crippen LogP contribution in [0.3, 0.4) is 0 Å². The van der Waals surface area contributed by atoms with Crippen LogP contribution in [0.25, 0.3) is 11.0 Å². The highest BCUT2D eigenvalue weighted by Gasteiger charge is 2.21. The third-order valence-electron chi connectivity index (χ3n) is 4.46. The maximum absolute atomic E-state index is 11.9. The number of hydrogen-bond donors (Lipinski definition) is 2. The monoisotopic (exact) mass is 378 g/mol. The smallest absolute Gasteiger partial charge is 0.336 e. The molecule has 1 aromatic carbocycles. The highest BCUT2D eigenvalue weighted by molar-refractivity contribution is 7.10. The van der Waals surface area contributed by atoms with Crippen molar-refractivity contribution in [1.29, 1.82) is 0 Å². The summed E-state index contributed by atoms with van der Waals surface area (Å²) in [6.07, 6.45) is 0. The van der Waals surface area contributed by atoms with Crippen molar-refractivity contribution in [2.45, 2.75) is 19.5 Å². The van der Waals surface area contributed by atoms with Crippen LogP contribution in [0.2, 0.25) is 5.02 Å². The summed E-state index contributed by atoms with van der Waals surface area (Å²) < 4.78 is 5.33. The molecule has 25 heavy (non-hydrogen) atoms. The first kappa shape index (κ1) is 18.1. The van der Waals surface area contributed by atoms with Gasteiger partial charge in [0.2, 0.25) is 0 Å². The highest BCUT2D eigenvalue weighted by Crippen LogP contribution is 2.24. The molecular weight excluding hydrogens is 356 g/mol. The van der Waals surface area contributed by atoms with Gasteiger partial charge in [-0.05, 0) is 36.1 Å². The van der Waals surface area contributed by atoms with Gasteiger partial charge >= 0.3 is 5.63 Å². The first-order chi connectivity index (χ1) is 12.0. The average Bonchev–Trinajstić information content (AvgIpc) is 3.06. The largest absolute Gasteiger partial charge is 0.423 e. The van der Waals surface area contributed by atoms with Gasteiger partial charge in [0.15, 0.2) is 6.04 Å². The molecule has 0 amide bonds. The van der Waals surface area contributed by atoms with Crippen LogP contribution in [0.1, 0.15) is 22.0 Å². The number of hydrogen-bond acceptors (Lipinski definition) is 3. The van der Waals surface area contributed by atoms with Gasteiger partial charge in [0.25, 0.3) is 0 Å². The molecule has 0 unspecified atom stereocenters. The molecule has 0 spiro atoms. The Kier molecular flexibility index (Phi) is 5.59. The number of benzene rings is 1. The number of fused-ring (bicyclic) bond motifs is 1. The summed E-state index contributed by atoms with van der Waals surface area (Å²) in [5.41, 5.74) is 2.16. The molecule has 0 saturated carbocycles. The maximum atomic E-state index is 11.9. The first-order valence-electron chi connectivity index (χ1n) is 8.33. The molecule has 0 aliphatic carbocycles. The number of likely N-dealkylation sites (N-methyl/N-ethyl adjacent to an activating group) is 1. The predicted molar refractivity (Wildman–Crippen MR) is 103 cm³/mol. The zero-order valence-electron chi connectivity index (χ0n) is 14.6. The van der Waals surface area contributed by atoms with E-state index in [4.69, 9.17) is 16.0 Å². The molecule has 6 heteroatoms. The lowest BCUT2D eigenvalue weighted by atomic mass is 10.1. The zero-order chi connectivity index (χ0) is 18.0. The third kappa shape index (κ3) is 4.12. The fourth-order valence-corrected chi connectivity index (χ4v) is 4.18. The predicted octanol–water partition coefficient (Wildman–Crippen LogP) is 1.77. The topological polar surface area (TPSA) is 51.3 Å². The molecule has 2 heterocycles. The molecule has 3 rings (SSSR count). The van der Waals surface area contributed by atoms with Crippen molar-refractivity contribution in [1.82, 2.24) is 0 Å². The van der Waals surface area contributed by atoms with Crippen LogP contribution in [0.4, 0.5) is 0 Å². The molecule has 0 aliphatic rings. The zero-order valence-corrected chi connectivity index (χ0v) is 16.2. The average molecular weight is 379 g/mol. The minimum absolute atomic E-state index is 0.314. The molecule has 3 aromatic rings. The number of quaternary nitrogens is 2. The van der Waals surface area contributed by atoms with E-state index in [1.807, 2.05) is 19.1 Å². The molecule has 2 aromatic heterocycles. The van der Waals surface area contributed by atoms with Crippen molar-refractivity contribution >= 4 is 33.9 Å². The van der Waals surface area contributed by atoms with E-state index in [2.05, 4.69) is 36.9 Å². The molecule has 0 saturated heterocycles. The number of nitrogens with one attached hydrogen (secondary N) is 1. The Morgan fingerprint density at radius 3 is 2.80 bits per heavy atom. The highest BCUT2D eigenvalue weighted by atomic mass is 35.5. The van der Waals surface area contributed by atoms with Crippen molar-refractivity contribution in [2.75, 3.05) is 20.6 Å². The summed E-state index contributed by atoms with van der Waals surface area (Å²) in [6, 6.07) is 10.0. The van der Waals surface area contributed by atoms with Crippen LogP contribution in [-0.4, -0.2) is 20.6 Å². The SMILES string of the molecule is Cc1cc2oc(=O)cc(C[NH2+]C[C@@H](c3cccs3)[NH+](C)C)c2cc1Cl. The normalized spacial score (nSPS) is 12.8. The van der Waals surface area contributed by atoms with Gasteiger partial charge in [-0.3, -0.25) is 0 Å². The van der Waals surface area contributed by atoms with Crippen molar-refractivity contribution in [2.24, 2.45) is 0 Å². The van der Waals surface area contributed by atoms with E-state index < -0.39 is 0 Å². The summed E-state index contributed by atoms with van der Waals surface area (Å²) in [7, 11) is 4.35. The summed E-state index contributed by atoms with van der Waals surface area (Å²) in [5, 5.41) is 5.97. The van der Waals surface area contributed by atoms with Crippen LogP contribution in [-0.2, 0) is 6.54 Å². The van der Waals surface area contributed by atoms with Gasteiger partial charge in [0.1, 0.15) is 18.7 Å². The molecular formula is C19H23ClN2O2S+2. The number of rotatable bonds is 6. The van der Waals surface area contributed by atoms with Crippen molar-refractivity contribution in [3.63, 3.8) is 0 Å². The van der Waals surface area contributed by atoms with Gasteiger partial charge in [0, 0.05) is 22.0 Å². The number of nitrogens with two attached hydrogens (primary N) is 1. The Morgan fingerprint density at radius 2 is 2.12 bits per heavy atom. The summed E-state index contributed by atoms with van der Waals surface area (Å²) in [4.78, 5) is 14.7. The van der Waals surface area contributed by atoms with Crippen LogP contribution in [0.15, 0.2) is 44.9 Å². The van der Waals surface area contributed by atoms with Gasteiger partial charge in [0.05, 0.1) is 19.0 Å². The Hall–Kier alpha value is -1.66. The maximum Gasteiger partial charge on any atom is 0.336 e. The molecule has 0 fully saturated rings. The molecule has 3 N–H and O–H groups in total. The minimum Gasteiger partial charge on any atom is -0.423 e. The van der Waals surface area contributed by atoms with Gasteiger partial charge in [-0.1, -0.05) is 17.7 Å². The van der Waals surface area contributed by atoms with Crippen LogP contribution >= 0.6 is 22.9 Å². The lowest BCUT2D eigenvalue weighted by Crippen LogP contribution is -3.09. The third-order valence-corrected chi connectivity index (χ3v) is 5.85. The Morgan fingerprint density at radius 1 is 1.32 bits per heavy atom. The van der Waals surface area contributed by atoms with E-state index in [1.54, 1.807) is 17.4 Å². The molecule has 0 radical (unpaired) electrons. The van der Waals surface area contributed by atoms with Gasteiger partial charge in [-0.15, -0.1) is 11.3 Å². The number of halogens is 1. The van der Waals surface area contributed by atoms with Crippen molar-refractivity contribution in [3.05, 3.63) is 67.2 Å². The Labute approximate surface area is 156 Å². The molecule has 132 valence electrons. The molecule has 0 aliphatic heterocycles. The van der Waals surface area contributed by atoms with E-state index in [0.29, 0.717) is 16.6 Å². The summed E-state index contributed by atoms with van der Waals surface area (Å²) in [5.74, 6) is 0. The van der Waals surface area contributed by atoms with E-state index in [1.165, 1.54) is 9.78 Å². The lowest BCUT2D eigenvalue weighted by molar-refractivity contribution is -0.910. The van der Waals surface area contributed by atoms with E-state index >= 15 is 0 Å². The second kappa shape index (κ2) is 7.70. The van der Waals surface area contributed by atoms with Crippen molar-refractivity contribution < 1.29 is 14.6 Å². The van der Waals surface area contributed by atoms with Crippen LogP contribution in [0.5, 0.6) is 0 Å². The molecule has 1 atom stereocenters. The Balaban J connectivity index is 1.81. The van der Waals surface area contributed by atoms with E-state index in [0.717, 1.165) is 29.6 Å².